The summed E-state index contributed by atoms with van der Waals surface area (Å²) in [5.41, 5.74) is 1.32. The van der Waals surface area contributed by atoms with Gasteiger partial charge in [0, 0.05) is 23.6 Å². The van der Waals surface area contributed by atoms with Crippen LogP contribution in [0, 0.1) is 29.5 Å². The van der Waals surface area contributed by atoms with Crippen molar-refractivity contribution in [1.29, 1.82) is 0 Å². The summed E-state index contributed by atoms with van der Waals surface area (Å²) < 4.78 is 15.3. The Kier molecular flexibility index (Phi) is 7.21. The van der Waals surface area contributed by atoms with Gasteiger partial charge in [0.1, 0.15) is 11.6 Å². The van der Waals surface area contributed by atoms with Crippen LogP contribution in [0.2, 0.25) is 0 Å². The number of anilines is 1. The molecule has 3 aliphatic carbocycles. The molecule has 0 aliphatic heterocycles. The Labute approximate surface area is 223 Å². The second kappa shape index (κ2) is 9.88. The quantitative estimate of drug-likeness (QED) is 0.217. The zero-order valence-corrected chi connectivity index (χ0v) is 21.9. The van der Waals surface area contributed by atoms with E-state index in [1.165, 1.54) is 19.0 Å². The molecule has 13 heteroatoms. The van der Waals surface area contributed by atoms with Crippen LogP contribution in [-0.4, -0.2) is 88.4 Å². The molecule has 6 N–H and O–H groups in total. The minimum absolute atomic E-state index is 0.0332. The number of phenolic OH excluding ortho intramolecular Hbond substituents is 1. The summed E-state index contributed by atoms with van der Waals surface area (Å²) in [4.78, 5) is 79.4. The molecule has 12 nitrogen and oxygen atoms in total. The first kappa shape index (κ1) is 28.5. The molecule has 39 heavy (non-hydrogen) atoms. The number of aromatic hydroxyl groups is 1. The number of amides is 2. The predicted octanol–water partition coefficient (Wildman–Crippen LogP) is -1.06. The Hall–Kier alpha value is -3.55. The Morgan fingerprint density at radius 3 is 2.41 bits per heavy atom. The summed E-state index contributed by atoms with van der Waals surface area (Å²) in [6, 6.07) is -0.403. The number of ketones is 4. The van der Waals surface area contributed by atoms with Crippen LogP contribution in [0.4, 0.5) is 10.1 Å². The molecule has 0 spiro atoms. The summed E-state index contributed by atoms with van der Waals surface area (Å²) in [5.74, 6) is -14.1. The van der Waals surface area contributed by atoms with Gasteiger partial charge in [-0.2, -0.15) is 0 Å². The maximum atomic E-state index is 15.3. The Morgan fingerprint density at radius 1 is 1.21 bits per heavy atom. The first-order chi connectivity index (χ1) is 18.1. The van der Waals surface area contributed by atoms with E-state index in [4.69, 9.17) is 5.73 Å². The number of primary amides is 1. The van der Waals surface area contributed by atoms with E-state index in [0.29, 0.717) is 0 Å². The second-order valence-electron chi connectivity index (χ2n) is 11.0. The van der Waals surface area contributed by atoms with Crippen LogP contribution >= 0.6 is 0 Å². The maximum absolute atomic E-state index is 15.3. The van der Waals surface area contributed by atoms with E-state index in [1.54, 1.807) is 13.8 Å². The zero-order chi connectivity index (χ0) is 29.1. The summed E-state index contributed by atoms with van der Waals surface area (Å²) in [7, 11) is 2.94. The molecule has 4 rings (SSSR count). The highest BCUT2D eigenvalue weighted by Gasteiger charge is 2.69. The fraction of sp³-hybridized carbons (Fsp3) is 0.538. The SMILES string of the molecule is CC(C)NCC(=O)Nc1cc(F)c2c(c1O)C(=O)C1C(=O)[C@]3(O)C(=O)C(C(N)=O)C(=O)[C@@H](N(C)C)[C@@H]3C[C@@H]1C2. The van der Waals surface area contributed by atoms with Gasteiger partial charge in [0.2, 0.25) is 11.8 Å². The van der Waals surface area contributed by atoms with Gasteiger partial charge in [0.25, 0.3) is 0 Å². The molecule has 1 aromatic rings. The topological polar surface area (TPSA) is 196 Å². The summed E-state index contributed by atoms with van der Waals surface area (Å²) >= 11 is 0. The molecule has 210 valence electrons. The summed E-state index contributed by atoms with van der Waals surface area (Å²) in [6.07, 6.45) is -0.405. The molecule has 0 saturated heterocycles. The first-order valence-electron chi connectivity index (χ1n) is 12.5. The number of aliphatic hydroxyl groups is 1. The average Bonchev–Trinajstić information content (AvgIpc) is 2.82. The van der Waals surface area contributed by atoms with Crippen LogP contribution in [0.3, 0.4) is 0 Å². The van der Waals surface area contributed by atoms with Crippen molar-refractivity contribution in [2.24, 2.45) is 29.4 Å². The van der Waals surface area contributed by atoms with Crippen LogP contribution in [0.1, 0.15) is 36.2 Å². The van der Waals surface area contributed by atoms with E-state index in [9.17, 15) is 39.0 Å². The lowest BCUT2D eigenvalue weighted by atomic mass is 9.52. The molecule has 3 aliphatic rings. The van der Waals surface area contributed by atoms with Crippen LogP contribution < -0.4 is 16.4 Å². The van der Waals surface area contributed by atoms with E-state index < -0.39 is 87.4 Å². The maximum Gasteiger partial charge on any atom is 0.238 e. The van der Waals surface area contributed by atoms with Crippen LogP contribution in [0.25, 0.3) is 0 Å². The molecule has 6 atom stereocenters. The molecule has 0 bridgehead atoms. The number of carbonyl (C=O) groups excluding carboxylic acids is 6. The van der Waals surface area contributed by atoms with Crippen molar-refractivity contribution >= 4 is 40.6 Å². The molecule has 2 fully saturated rings. The number of rotatable bonds is 6. The summed E-state index contributed by atoms with van der Waals surface area (Å²) in [6.45, 7) is 3.45. The molecule has 2 amide bonds. The minimum Gasteiger partial charge on any atom is -0.505 e. The lowest BCUT2D eigenvalue weighted by molar-refractivity contribution is -0.181. The standard InChI is InChI=1S/C26H31FN4O8/c1-9(2)29-8-15(32)30-14-7-13(27)11-5-10-6-12-19(31(3)4)22(35)18(25(28)38)24(37)26(12,39)23(36)16(10)21(34)17(11)20(14)33/h7,9-10,12,16,18-19,29,33,39H,5-6,8H2,1-4H3,(H2,28,38)(H,30,32)/t10-,12-,16?,18?,19-,26-/m0/s1. The van der Waals surface area contributed by atoms with E-state index in [-0.39, 0.29) is 36.7 Å². The van der Waals surface area contributed by atoms with Crippen molar-refractivity contribution in [3.63, 3.8) is 0 Å². The van der Waals surface area contributed by atoms with Crippen molar-refractivity contribution < 1.29 is 43.4 Å². The van der Waals surface area contributed by atoms with Crippen LogP contribution in [0.15, 0.2) is 6.07 Å². The van der Waals surface area contributed by atoms with Gasteiger partial charge < -0.3 is 26.6 Å². The average molecular weight is 547 g/mol. The number of halogens is 1. The van der Waals surface area contributed by atoms with E-state index in [0.717, 1.165) is 6.07 Å². The van der Waals surface area contributed by atoms with Gasteiger partial charge in [-0.3, -0.25) is 33.7 Å². The van der Waals surface area contributed by atoms with Crippen molar-refractivity contribution in [1.82, 2.24) is 10.2 Å². The number of nitrogens with one attached hydrogen (secondary N) is 2. The van der Waals surface area contributed by atoms with Crippen molar-refractivity contribution in [2.45, 2.75) is 44.4 Å². The molecule has 0 aromatic heterocycles. The number of likely N-dealkylation sites (N-methyl/N-ethyl adjacent to an activating group) is 1. The third-order valence-corrected chi connectivity index (χ3v) is 7.95. The number of benzene rings is 1. The van der Waals surface area contributed by atoms with Gasteiger partial charge in [-0.1, -0.05) is 13.8 Å². The van der Waals surface area contributed by atoms with Gasteiger partial charge in [-0.05, 0) is 32.9 Å². The van der Waals surface area contributed by atoms with E-state index in [2.05, 4.69) is 10.6 Å². The van der Waals surface area contributed by atoms with Gasteiger partial charge >= 0.3 is 0 Å². The molecule has 0 radical (unpaired) electrons. The number of fused-ring (bicyclic) bond motifs is 3. The van der Waals surface area contributed by atoms with E-state index >= 15 is 4.39 Å². The highest BCUT2D eigenvalue weighted by molar-refractivity contribution is 6.32. The van der Waals surface area contributed by atoms with Crippen molar-refractivity contribution in [3.05, 3.63) is 23.0 Å². The monoisotopic (exact) mass is 546 g/mol. The number of Topliss-reactive ketones (excluding diaryl/α,β-unsaturated/α-hetero) is 4. The molecule has 2 saturated carbocycles. The lowest BCUT2D eigenvalue weighted by Crippen LogP contribution is -2.74. The third-order valence-electron chi connectivity index (χ3n) is 7.95. The predicted molar refractivity (Wildman–Crippen MR) is 133 cm³/mol. The number of carbonyl (C=O) groups is 6. The fourth-order valence-corrected chi connectivity index (χ4v) is 6.21. The fourth-order valence-electron chi connectivity index (χ4n) is 6.21. The number of nitrogens with two attached hydrogens (primary N) is 1. The van der Waals surface area contributed by atoms with Gasteiger partial charge in [0.05, 0.1) is 29.8 Å². The van der Waals surface area contributed by atoms with Gasteiger partial charge in [-0.15, -0.1) is 0 Å². The summed E-state index contributed by atoms with van der Waals surface area (Å²) in [5, 5.41) is 27.6. The number of hydrogen-bond donors (Lipinski definition) is 5. The zero-order valence-electron chi connectivity index (χ0n) is 21.9. The lowest BCUT2D eigenvalue weighted by Gasteiger charge is -2.52. The Bertz CT molecular complexity index is 1310. The third kappa shape index (κ3) is 4.34. The van der Waals surface area contributed by atoms with Crippen LogP contribution in [0.5, 0.6) is 5.75 Å². The minimum atomic E-state index is -2.88. The van der Waals surface area contributed by atoms with Crippen molar-refractivity contribution in [2.75, 3.05) is 26.0 Å². The van der Waals surface area contributed by atoms with Crippen LogP contribution in [-0.2, 0) is 30.4 Å². The number of phenols is 1. The van der Waals surface area contributed by atoms with Crippen molar-refractivity contribution in [3.8, 4) is 5.75 Å². The molecular formula is C26H31FN4O8. The van der Waals surface area contributed by atoms with Gasteiger partial charge in [-0.25, -0.2) is 4.39 Å². The van der Waals surface area contributed by atoms with Gasteiger partial charge in [0.15, 0.2) is 34.7 Å². The largest absolute Gasteiger partial charge is 0.505 e. The molecule has 1 aromatic carbocycles. The highest BCUT2D eigenvalue weighted by Crippen LogP contribution is 2.51. The normalized spacial score (nSPS) is 30.2. The second-order valence-corrected chi connectivity index (χ2v) is 11.0. The highest BCUT2D eigenvalue weighted by atomic mass is 19.1. The van der Waals surface area contributed by atoms with E-state index in [1.807, 2.05) is 0 Å². The smallest absolute Gasteiger partial charge is 0.238 e. The number of nitrogens with zero attached hydrogens (tertiary/aromatic N) is 1. The molecule has 2 unspecified atom stereocenters. The Balaban J connectivity index is 1.77. The first-order valence-corrected chi connectivity index (χ1v) is 12.5. The molecule has 0 heterocycles. The Morgan fingerprint density at radius 2 is 1.85 bits per heavy atom. The number of hydrogen-bond acceptors (Lipinski definition) is 10. The molecular weight excluding hydrogens is 515 g/mol.